The van der Waals surface area contributed by atoms with Crippen molar-refractivity contribution in [1.82, 2.24) is 20.4 Å². The van der Waals surface area contributed by atoms with Crippen molar-refractivity contribution < 1.29 is 5.11 Å². The Hall–Kier alpha value is -0.830. The van der Waals surface area contributed by atoms with Gasteiger partial charge >= 0.3 is 0 Å². The lowest BCUT2D eigenvalue weighted by Crippen LogP contribution is -2.38. The monoisotopic (exact) mass is 465 g/mol. The van der Waals surface area contributed by atoms with Crippen molar-refractivity contribution in [2.24, 2.45) is 23.9 Å². The number of aliphatic hydroxyl groups is 1. The van der Waals surface area contributed by atoms with Crippen molar-refractivity contribution in [3.63, 3.8) is 0 Å². The molecule has 146 valence electrons. The SMILES string of the molecule is CCNC(=NCC(CCO)CC(C)C)NCCCc1cnn(C)c1.I. The molecule has 1 atom stereocenters. The Morgan fingerprint density at radius 2 is 2.12 bits per heavy atom. The van der Waals surface area contributed by atoms with Crippen LogP contribution in [0.25, 0.3) is 0 Å². The maximum atomic E-state index is 9.21. The number of aryl methyl sites for hydroxylation is 2. The third-order valence-electron chi connectivity index (χ3n) is 3.89. The van der Waals surface area contributed by atoms with Crippen LogP contribution >= 0.6 is 24.0 Å². The number of nitrogens with zero attached hydrogens (tertiary/aromatic N) is 3. The molecule has 0 aromatic carbocycles. The summed E-state index contributed by atoms with van der Waals surface area (Å²) in [7, 11) is 1.94. The molecule has 0 aliphatic carbocycles. The summed E-state index contributed by atoms with van der Waals surface area (Å²) in [6, 6.07) is 0. The van der Waals surface area contributed by atoms with E-state index in [1.165, 1.54) is 5.56 Å². The smallest absolute Gasteiger partial charge is 0.191 e. The minimum Gasteiger partial charge on any atom is -0.396 e. The summed E-state index contributed by atoms with van der Waals surface area (Å²) in [5, 5.41) is 20.1. The average Bonchev–Trinajstić information content (AvgIpc) is 2.94. The molecule has 0 saturated carbocycles. The molecule has 1 aromatic rings. The second kappa shape index (κ2) is 14.4. The number of nitrogens with one attached hydrogen (secondary N) is 2. The van der Waals surface area contributed by atoms with Crippen LogP contribution in [-0.4, -0.2) is 47.1 Å². The zero-order chi connectivity index (χ0) is 17.8. The van der Waals surface area contributed by atoms with Gasteiger partial charge < -0.3 is 15.7 Å². The molecule has 1 heterocycles. The minimum atomic E-state index is 0. The molecular formula is C18H36IN5O. The van der Waals surface area contributed by atoms with Crippen LogP contribution in [-0.2, 0) is 13.5 Å². The van der Waals surface area contributed by atoms with E-state index in [-0.39, 0.29) is 30.6 Å². The largest absolute Gasteiger partial charge is 0.396 e. The lowest BCUT2D eigenvalue weighted by molar-refractivity contribution is 0.245. The topological polar surface area (TPSA) is 74.5 Å². The van der Waals surface area contributed by atoms with Gasteiger partial charge in [-0.1, -0.05) is 13.8 Å². The molecule has 3 N–H and O–H groups in total. The van der Waals surface area contributed by atoms with Crippen LogP contribution in [0.2, 0.25) is 0 Å². The second-order valence-corrected chi connectivity index (χ2v) is 6.78. The van der Waals surface area contributed by atoms with Gasteiger partial charge in [-0.25, -0.2) is 0 Å². The van der Waals surface area contributed by atoms with Gasteiger partial charge in [0.15, 0.2) is 5.96 Å². The average molecular weight is 465 g/mol. The highest BCUT2D eigenvalue weighted by molar-refractivity contribution is 14.0. The molecule has 0 fully saturated rings. The van der Waals surface area contributed by atoms with Crippen LogP contribution in [0.4, 0.5) is 0 Å². The zero-order valence-electron chi connectivity index (χ0n) is 16.2. The lowest BCUT2D eigenvalue weighted by Gasteiger charge is -2.17. The Morgan fingerprint density at radius 3 is 2.68 bits per heavy atom. The number of rotatable bonds is 11. The van der Waals surface area contributed by atoms with E-state index in [4.69, 9.17) is 4.99 Å². The molecule has 1 unspecified atom stereocenters. The highest BCUT2D eigenvalue weighted by Crippen LogP contribution is 2.15. The van der Waals surface area contributed by atoms with E-state index in [0.717, 1.165) is 51.3 Å². The third kappa shape index (κ3) is 11.4. The molecule has 6 nitrogen and oxygen atoms in total. The van der Waals surface area contributed by atoms with Gasteiger partial charge in [0.25, 0.3) is 0 Å². The third-order valence-corrected chi connectivity index (χ3v) is 3.89. The number of aliphatic hydroxyl groups excluding tert-OH is 1. The van der Waals surface area contributed by atoms with Gasteiger partial charge in [-0.3, -0.25) is 9.67 Å². The molecule has 1 aromatic heterocycles. The Labute approximate surface area is 169 Å². The van der Waals surface area contributed by atoms with E-state index in [0.29, 0.717) is 11.8 Å². The number of hydrogen-bond acceptors (Lipinski definition) is 3. The van der Waals surface area contributed by atoms with Crippen LogP contribution in [0.5, 0.6) is 0 Å². The van der Waals surface area contributed by atoms with Crippen LogP contribution < -0.4 is 10.6 Å². The number of aromatic nitrogens is 2. The van der Waals surface area contributed by atoms with E-state index in [2.05, 4.69) is 42.7 Å². The minimum absolute atomic E-state index is 0. The van der Waals surface area contributed by atoms with Crippen LogP contribution in [0.1, 0.15) is 45.6 Å². The molecule has 0 aliphatic heterocycles. The number of halogens is 1. The summed E-state index contributed by atoms with van der Waals surface area (Å²) in [4.78, 5) is 4.70. The van der Waals surface area contributed by atoms with E-state index < -0.39 is 0 Å². The fraction of sp³-hybridized carbons (Fsp3) is 0.778. The summed E-state index contributed by atoms with van der Waals surface area (Å²) < 4.78 is 1.84. The number of aliphatic imine (C=N–C) groups is 1. The first-order valence-electron chi connectivity index (χ1n) is 9.15. The van der Waals surface area contributed by atoms with Gasteiger partial charge in [0, 0.05) is 39.5 Å². The fourth-order valence-electron chi connectivity index (χ4n) is 2.80. The number of hydrogen-bond donors (Lipinski definition) is 3. The van der Waals surface area contributed by atoms with Crippen LogP contribution in [0.3, 0.4) is 0 Å². The second-order valence-electron chi connectivity index (χ2n) is 6.78. The van der Waals surface area contributed by atoms with Crippen molar-refractivity contribution >= 4 is 29.9 Å². The lowest BCUT2D eigenvalue weighted by atomic mass is 9.94. The first kappa shape index (κ1) is 24.2. The van der Waals surface area contributed by atoms with Gasteiger partial charge in [0.1, 0.15) is 0 Å². The van der Waals surface area contributed by atoms with E-state index in [1.807, 2.05) is 17.9 Å². The molecule has 0 spiro atoms. The van der Waals surface area contributed by atoms with Gasteiger partial charge in [-0.2, -0.15) is 5.10 Å². The predicted molar refractivity (Wildman–Crippen MR) is 116 cm³/mol. The fourth-order valence-corrected chi connectivity index (χ4v) is 2.80. The highest BCUT2D eigenvalue weighted by Gasteiger charge is 2.10. The van der Waals surface area contributed by atoms with Gasteiger partial charge in [-0.15, -0.1) is 24.0 Å². The number of guanidine groups is 1. The normalized spacial score (nSPS) is 12.8. The summed E-state index contributed by atoms with van der Waals surface area (Å²) in [5.74, 6) is 1.95. The highest BCUT2D eigenvalue weighted by atomic mass is 127. The van der Waals surface area contributed by atoms with Crippen molar-refractivity contribution in [1.29, 1.82) is 0 Å². The van der Waals surface area contributed by atoms with Crippen molar-refractivity contribution in [2.75, 3.05) is 26.2 Å². The quantitative estimate of drug-likeness (QED) is 0.203. The molecule has 0 radical (unpaired) electrons. The molecule has 7 heteroatoms. The van der Waals surface area contributed by atoms with Crippen LogP contribution in [0, 0.1) is 11.8 Å². The van der Waals surface area contributed by atoms with Gasteiger partial charge in [0.2, 0.25) is 0 Å². The van der Waals surface area contributed by atoms with E-state index in [9.17, 15) is 5.11 Å². The maximum Gasteiger partial charge on any atom is 0.191 e. The molecule has 25 heavy (non-hydrogen) atoms. The molecule has 0 aliphatic rings. The summed E-state index contributed by atoms with van der Waals surface area (Å²) in [5.41, 5.74) is 1.26. The van der Waals surface area contributed by atoms with Gasteiger partial charge in [-0.05, 0) is 50.0 Å². The summed E-state index contributed by atoms with van der Waals surface area (Å²) in [6.07, 6.45) is 7.96. The Bertz CT molecular complexity index is 476. The summed E-state index contributed by atoms with van der Waals surface area (Å²) in [6.45, 7) is 9.25. The molecular weight excluding hydrogens is 429 g/mol. The first-order chi connectivity index (χ1) is 11.5. The molecule has 0 bridgehead atoms. The standard InChI is InChI=1S/C18H35N5O.HI/c1-5-19-18(21-12-16(8-10-24)11-15(2)3)20-9-6-7-17-13-22-23(4)14-17;/h13-16,24H,5-12H2,1-4H3,(H2,19,20,21);1H. The van der Waals surface area contributed by atoms with Crippen molar-refractivity contribution in [3.05, 3.63) is 18.0 Å². The van der Waals surface area contributed by atoms with E-state index in [1.54, 1.807) is 0 Å². The Morgan fingerprint density at radius 1 is 1.36 bits per heavy atom. The van der Waals surface area contributed by atoms with E-state index >= 15 is 0 Å². The summed E-state index contributed by atoms with van der Waals surface area (Å²) >= 11 is 0. The maximum absolute atomic E-state index is 9.21. The van der Waals surface area contributed by atoms with Gasteiger partial charge in [0.05, 0.1) is 6.20 Å². The van der Waals surface area contributed by atoms with Crippen molar-refractivity contribution in [3.8, 4) is 0 Å². The Balaban J connectivity index is 0.00000576. The van der Waals surface area contributed by atoms with Crippen LogP contribution in [0.15, 0.2) is 17.4 Å². The Kier molecular flexibility index (Phi) is 13.9. The van der Waals surface area contributed by atoms with Crippen molar-refractivity contribution in [2.45, 2.75) is 46.5 Å². The first-order valence-corrected chi connectivity index (χ1v) is 9.15. The zero-order valence-corrected chi connectivity index (χ0v) is 18.5. The molecule has 0 amide bonds. The predicted octanol–water partition coefficient (Wildman–Crippen LogP) is 2.57. The molecule has 1 rings (SSSR count). The molecule has 0 saturated heterocycles.